The van der Waals surface area contributed by atoms with Crippen LogP contribution in [-0.4, -0.2) is 34.8 Å². The van der Waals surface area contributed by atoms with E-state index < -0.39 is 6.04 Å². The number of ether oxygens (including phenoxy) is 2. The molecule has 0 fully saturated rings. The predicted octanol–water partition coefficient (Wildman–Crippen LogP) is 3.30. The summed E-state index contributed by atoms with van der Waals surface area (Å²) in [6.45, 7) is 0. The number of methoxy groups -OCH3 is 2. The lowest BCUT2D eigenvalue weighted by Gasteiger charge is -2.35. The van der Waals surface area contributed by atoms with E-state index in [0.29, 0.717) is 35.9 Å². The third kappa shape index (κ3) is 2.79. The van der Waals surface area contributed by atoms with Crippen LogP contribution in [0.3, 0.4) is 0 Å². The minimum Gasteiger partial charge on any atom is -0.497 e. The monoisotopic (exact) mass is 392 g/mol. The first-order chi connectivity index (χ1) is 14.2. The van der Waals surface area contributed by atoms with Gasteiger partial charge in [-0.2, -0.15) is 10.1 Å². The van der Waals surface area contributed by atoms with Crippen molar-refractivity contribution in [1.29, 1.82) is 0 Å². The zero-order valence-electron chi connectivity index (χ0n) is 16.1. The van der Waals surface area contributed by atoms with E-state index in [4.69, 9.17) is 13.9 Å². The number of ketones is 1. The summed E-state index contributed by atoms with van der Waals surface area (Å²) in [5, 5.41) is 7.68. The van der Waals surface area contributed by atoms with Gasteiger partial charge in [0.05, 0.1) is 20.5 Å². The number of benzene rings is 1. The Morgan fingerprint density at radius 2 is 2.10 bits per heavy atom. The van der Waals surface area contributed by atoms with Crippen LogP contribution in [-0.2, 0) is 4.79 Å². The maximum Gasteiger partial charge on any atom is 0.226 e. The molecule has 0 saturated heterocycles. The van der Waals surface area contributed by atoms with Crippen LogP contribution in [0.1, 0.15) is 36.1 Å². The molecular formula is C21H20N4O4. The van der Waals surface area contributed by atoms with Gasteiger partial charge in [-0.25, -0.2) is 4.68 Å². The van der Waals surface area contributed by atoms with E-state index in [1.54, 1.807) is 25.2 Å². The molecule has 2 aliphatic rings. The summed E-state index contributed by atoms with van der Waals surface area (Å²) in [6.07, 6.45) is 4.17. The van der Waals surface area contributed by atoms with Gasteiger partial charge >= 0.3 is 0 Å². The second-order valence-corrected chi connectivity index (χ2v) is 7.10. The summed E-state index contributed by atoms with van der Waals surface area (Å²) >= 11 is 0. The Kier molecular flexibility index (Phi) is 4.12. The van der Waals surface area contributed by atoms with E-state index in [0.717, 1.165) is 17.0 Å². The first-order valence-corrected chi connectivity index (χ1v) is 9.37. The Morgan fingerprint density at radius 3 is 2.86 bits per heavy atom. The van der Waals surface area contributed by atoms with Crippen molar-refractivity contribution in [1.82, 2.24) is 14.8 Å². The highest BCUT2D eigenvalue weighted by molar-refractivity contribution is 6.00. The molecule has 1 aliphatic carbocycles. The van der Waals surface area contributed by atoms with E-state index in [-0.39, 0.29) is 11.7 Å². The fourth-order valence-corrected chi connectivity index (χ4v) is 4.21. The van der Waals surface area contributed by atoms with E-state index >= 15 is 0 Å². The van der Waals surface area contributed by atoms with Gasteiger partial charge in [-0.1, -0.05) is 0 Å². The molecule has 1 aliphatic heterocycles. The van der Waals surface area contributed by atoms with Gasteiger partial charge in [-0.3, -0.25) is 4.79 Å². The molecule has 3 aromatic rings. The van der Waals surface area contributed by atoms with E-state index in [1.165, 1.54) is 6.33 Å². The second kappa shape index (κ2) is 6.80. The van der Waals surface area contributed by atoms with Gasteiger partial charge in [0.25, 0.3) is 0 Å². The Labute approximate surface area is 167 Å². The molecule has 148 valence electrons. The van der Waals surface area contributed by atoms with Crippen LogP contribution in [0.2, 0.25) is 0 Å². The average Bonchev–Trinajstić information content (AvgIpc) is 3.43. The first-order valence-electron chi connectivity index (χ1n) is 9.37. The molecule has 0 amide bonds. The molecule has 3 heterocycles. The van der Waals surface area contributed by atoms with Gasteiger partial charge < -0.3 is 19.2 Å². The Morgan fingerprint density at radius 1 is 1.21 bits per heavy atom. The van der Waals surface area contributed by atoms with Crippen molar-refractivity contribution in [2.24, 2.45) is 0 Å². The summed E-state index contributed by atoms with van der Waals surface area (Å²) in [5.74, 6) is 2.78. The fraction of sp³-hybridized carbons (Fsp3) is 0.286. The molecule has 29 heavy (non-hydrogen) atoms. The van der Waals surface area contributed by atoms with Crippen molar-refractivity contribution in [3.63, 3.8) is 0 Å². The van der Waals surface area contributed by atoms with Crippen LogP contribution >= 0.6 is 0 Å². The molecule has 8 heteroatoms. The van der Waals surface area contributed by atoms with Gasteiger partial charge in [0, 0.05) is 35.2 Å². The third-order valence-corrected chi connectivity index (χ3v) is 5.54. The Bertz CT molecular complexity index is 1100. The van der Waals surface area contributed by atoms with Crippen molar-refractivity contribution < 1.29 is 18.7 Å². The van der Waals surface area contributed by atoms with Gasteiger partial charge in [-0.05, 0) is 30.7 Å². The van der Waals surface area contributed by atoms with Crippen LogP contribution in [0.4, 0.5) is 5.95 Å². The number of nitrogens with one attached hydrogen (secondary N) is 1. The Hall–Kier alpha value is -3.55. The molecule has 0 bridgehead atoms. The summed E-state index contributed by atoms with van der Waals surface area (Å²) in [7, 11) is 3.21. The summed E-state index contributed by atoms with van der Waals surface area (Å²) in [4.78, 5) is 17.6. The van der Waals surface area contributed by atoms with Crippen molar-refractivity contribution in [2.75, 3.05) is 19.5 Å². The normalized spacial score (nSPS) is 20.7. The topological polar surface area (TPSA) is 91.4 Å². The summed E-state index contributed by atoms with van der Waals surface area (Å²) < 4.78 is 18.2. The van der Waals surface area contributed by atoms with Crippen molar-refractivity contribution in [3.8, 4) is 11.5 Å². The van der Waals surface area contributed by atoms with Crippen LogP contribution in [0.5, 0.6) is 11.5 Å². The molecule has 5 rings (SSSR count). The second-order valence-electron chi connectivity index (χ2n) is 7.10. The minimum absolute atomic E-state index is 0.00312. The van der Waals surface area contributed by atoms with Crippen LogP contribution in [0.15, 0.2) is 58.6 Å². The average molecular weight is 392 g/mol. The molecule has 1 N–H and O–H groups in total. The van der Waals surface area contributed by atoms with E-state index in [2.05, 4.69) is 15.4 Å². The number of aromatic nitrogens is 3. The SMILES string of the molecule is COc1ccc([C@H]2C3=C(C[C@H](c4ccco4)CC3=O)Nc3ncnn32)c(OC)c1. The number of hydrogen-bond acceptors (Lipinski definition) is 7. The quantitative estimate of drug-likeness (QED) is 0.728. The fourth-order valence-electron chi connectivity index (χ4n) is 4.21. The zero-order valence-corrected chi connectivity index (χ0v) is 16.1. The maximum absolute atomic E-state index is 13.3. The minimum atomic E-state index is -0.422. The van der Waals surface area contributed by atoms with Crippen LogP contribution in [0, 0.1) is 0 Å². The number of anilines is 1. The number of carbonyl (C=O) groups excluding carboxylic acids is 1. The molecule has 1 aromatic carbocycles. The molecule has 0 radical (unpaired) electrons. The van der Waals surface area contributed by atoms with Crippen LogP contribution in [0.25, 0.3) is 0 Å². The smallest absolute Gasteiger partial charge is 0.226 e. The highest BCUT2D eigenvalue weighted by Gasteiger charge is 2.40. The van der Waals surface area contributed by atoms with Crippen LogP contribution < -0.4 is 14.8 Å². The first kappa shape index (κ1) is 17.5. The highest BCUT2D eigenvalue weighted by atomic mass is 16.5. The lowest BCUT2D eigenvalue weighted by Crippen LogP contribution is -2.33. The lowest BCUT2D eigenvalue weighted by atomic mass is 9.79. The zero-order chi connectivity index (χ0) is 20.0. The van der Waals surface area contributed by atoms with E-state index in [9.17, 15) is 4.79 Å². The number of allylic oxidation sites excluding steroid dienone is 2. The summed E-state index contributed by atoms with van der Waals surface area (Å²) in [6, 6.07) is 8.92. The van der Waals surface area contributed by atoms with Gasteiger partial charge in [0.2, 0.25) is 5.95 Å². The number of Topliss-reactive ketones (excluding diaryl/α,β-unsaturated/α-hetero) is 1. The number of hydrogen-bond donors (Lipinski definition) is 1. The largest absolute Gasteiger partial charge is 0.497 e. The number of nitrogens with zero attached hydrogens (tertiary/aromatic N) is 3. The number of furan rings is 1. The molecule has 8 nitrogen and oxygen atoms in total. The molecule has 0 unspecified atom stereocenters. The standard InChI is InChI=1S/C21H20N4O4/c1-27-13-5-6-14(18(10-13)28-2)20-19-15(24-21-22-11-23-25(20)21)8-12(9-16(19)26)17-4-3-7-29-17/h3-7,10-12,20H,8-9H2,1-2H3,(H,22,23,24)/t12-,20-/m0/s1. The maximum atomic E-state index is 13.3. The number of rotatable bonds is 4. The molecule has 0 spiro atoms. The highest BCUT2D eigenvalue weighted by Crippen LogP contribution is 2.46. The number of fused-ring (bicyclic) bond motifs is 1. The molecule has 2 atom stereocenters. The molecule has 2 aromatic heterocycles. The van der Waals surface area contributed by atoms with Crippen molar-refractivity contribution in [3.05, 3.63) is 65.5 Å². The van der Waals surface area contributed by atoms with Crippen molar-refractivity contribution >= 4 is 11.7 Å². The van der Waals surface area contributed by atoms with Gasteiger partial charge in [-0.15, -0.1) is 0 Å². The van der Waals surface area contributed by atoms with Gasteiger partial charge in [0.15, 0.2) is 5.78 Å². The lowest BCUT2D eigenvalue weighted by molar-refractivity contribution is -0.117. The Balaban J connectivity index is 1.64. The number of carbonyl (C=O) groups is 1. The third-order valence-electron chi connectivity index (χ3n) is 5.54. The predicted molar refractivity (Wildman–Crippen MR) is 104 cm³/mol. The van der Waals surface area contributed by atoms with Crippen molar-refractivity contribution in [2.45, 2.75) is 24.8 Å². The van der Waals surface area contributed by atoms with E-state index in [1.807, 2.05) is 30.3 Å². The molecular weight excluding hydrogens is 372 g/mol. The van der Waals surface area contributed by atoms with Gasteiger partial charge in [0.1, 0.15) is 29.6 Å². The molecule has 0 saturated carbocycles. The summed E-state index contributed by atoms with van der Waals surface area (Å²) in [5.41, 5.74) is 2.37.